The zero-order chi connectivity index (χ0) is 35.4. The molecule has 0 fully saturated rings. The van der Waals surface area contributed by atoms with Crippen molar-refractivity contribution in [1.29, 1.82) is 0 Å². The van der Waals surface area contributed by atoms with E-state index in [1.807, 2.05) is 55.7 Å². The Hall–Kier alpha value is -6.05. The number of esters is 1. The first kappa shape index (κ1) is 33.8. The summed E-state index contributed by atoms with van der Waals surface area (Å²) in [7, 11) is 0. The summed E-state index contributed by atoms with van der Waals surface area (Å²) in [5.41, 5.74) is 7.51. The molecular weight excluding hydrogens is 644 g/mol. The van der Waals surface area contributed by atoms with Gasteiger partial charge in [-0.15, -0.1) is 0 Å². The van der Waals surface area contributed by atoms with Crippen LogP contribution in [0.2, 0.25) is 0 Å². The maximum absolute atomic E-state index is 13.5. The van der Waals surface area contributed by atoms with Crippen molar-refractivity contribution in [3.05, 3.63) is 110 Å². The number of para-hydroxylation sites is 1. The molecule has 0 saturated carbocycles. The quantitative estimate of drug-likeness (QED) is 0.128. The number of allylic oxidation sites excluding steroid dienone is 4. The van der Waals surface area contributed by atoms with Crippen molar-refractivity contribution >= 4 is 34.3 Å². The molecule has 1 atom stereocenters. The molecule has 0 saturated heterocycles. The van der Waals surface area contributed by atoms with Crippen LogP contribution in [0.5, 0.6) is 6.01 Å². The van der Waals surface area contributed by atoms with Crippen molar-refractivity contribution in [2.75, 3.05) is 6.61 Å². The maximum atomic E-state index is 13.5. The van der Waals surface area contributed by atoms with Gasteiger partial charge in [-0.3, -0.25) is 24.0 Å². The van der Waals surface area contributed by atoms with Gasteiger partial charge in [0.15, 0.2) is 5.82 Å². The summed E-state index contributed by atoms with van der Waals surface area (Å²) in [6.45, 7) is 9.27. The molecule has 1 aliphatic rings. The van der Waals surface area contributed by atoms with Crippen molar-refractivity contribution in [1.82, 2.24) is 29.7 Å². The van der Waals surface area contributed by atoms with Gasteiger partial charge >= 0.3 is 17.9 Å². The normalized spacial score (nSPS) is 13.4. The summed E-state index contributed by atoms with van der Waals surface area (Å²) in [4.78, 5) is 53.6. The van der Waals surface area contributed by atoms with Crippen LogP contribution in [0.3, 0.4) is 0 Å². The second-order valence-electron chi connectivity index (χ2n) is 11.6. The highest BCUT2D eigenvalue weighted by Gasteiger charge is 2.24. The number of hydrogen-bond donors (Lipinski definition) is 1. The average molecular weight is 681 g/mol. The summed E-state index contributed by atoms with van der Waals surface area (Å²) in [5, 5.41) is 3.87. The molecule has 0 radical (unpaired) electrons. The van der Waals surface area contributed by atoms with E-state index < -0.39 is 24.2 Å². The number of nitrogens with zero attached hydrogens (tertiary/aromatic N) is 5. The van der Waals surface area contributed by atoms with Crippen molar-refractivity contribution in [2.24, 2.45) is 0 Å². The maximum Gasteiger partial charge on any atom is 0.511 e. The van der Waals surface area contributed by atoms with Crippen LogP contribution in [-0.2, 0) is 27.4 Å². The van der Waals surface area contributed by atoms with E-state index in [-0.39, 0.29) is 12.2 Å². The molecule has 3 aromatic heterocycles. The van der Waals surface area contributed by atoms with Gasteiger partial charge in [-0.1, -0.05) is 47.6 Å². The molecule has 50 heavy (non-hydrogen) atoms. The second kappa shape index (κ2) is 14.6. The summed E-state index contributed by atoms with van der Waals surface area (Å²) < 4.78 is 28.3. The Labute approximate surface area is 286 Å². The first-order valence-corrected chi connectivity index (χ1v) is 16.1. The molecule has 0 bridgehead atoms. The Morgan fingerprint density at radius 3 is 2.40 bits per heavy atom. The number of aryl methyl sites for hydroxylation is 3. The highest BCUT2D eigenvalue weighted by Crippen LogP contribution is 2.34. The van der Waals surface area contributed by atoms with Gasteiger partial charge in [-0.2, -0.15) is 4.98 Å². The van der Waals surface area contributed by atoms with Crippen LogP contribution in [0.1, 0.15) is 76.8 Å². The number of fused-ring (bicyclic) bond motifs is 1. The molecule has 14 nitrogen and oxygen atoms in total. The van der Waals surface area contributed by atoms with Crippen molar-refractivity contribution in [3.8, 4) is 6.01 Å². The van der Waals surface area contributed by atoms with Gasteiger partial charge < -0.3 is 18.9 Å². The molecule has 0 spiro atoms. The monoisotopic (exact) mass is 680 g/mol. The van der Waals surface area contributed by atoms with Crippen molar-refractivity contribution in [3.63, 3.8) is 0 Å². The van der Waals surface area contributed by atoms with Gasteiger partial charge in [-0.05, 0) is 69.4 Å². The molecule has 6 rings (SSSR count). The van der Waals surface area contributed by atoms with E-state index in [1.165, 1.54) is 6.92 Å². The molecule has 5 aromatic rings. The standard InChI is InChI=1S/C36H36N6O8/c1-6-46-34-39-29-13-9-12-28(33(43)48-23(5)49-36(45)47-19-30-22(4)37-20(2)21(3)38-30)31(29)42(34)18-24-14-16-25(17-15-24)26-10-7-8-11-27(26)32-40-35(44)50-41-32/h9-17,23H,6-8,18-19H2,1-5H3,(H,40,41,44). The zero-order valence-corrected chi connectivity index (χ0v) is 28.3. The molecule has 1 unspecified atom stereocenters. The molecule has 1 N–H and O–H groups in total. The zero-order valence-electron chi connectivity index (χ0n) is 28.3. The van der Waals surface area contributed by atoms with E-state index in [0.717, 1.165) is 46.5 Å². The highest BCUT2D eigenvalue weighted by molar-refractivity contribution is 6.04. The Morgan fingerprint density at radius 2 is 1.68 bits per heavy atom. The largest absolute Gasteiger partial charge is 0.511 e. The van der Waals surface area contributed by atoms with Crippen molar-refractivity contribution < 1.29 is 33.1 Å². The minimum Gasteiger partial charge on any atom is -0.465 e. The molecular formula is C36H36N6O8. The van der Waals surface area contributed by atoms with E-state index in [9.17, 15) is 14.4 Å². The van der Waals surface area contributed by atoms with Crippen LogP contribution in [-0.4, -0.2) is 54.7 Å². The first-order chi connectivity index (χ1) is 24.1. The Kier molecular flexibility index (Phi) is 9.88. The van der Waals surface area contributed by atoms with Gasteiger partial charge in [0, 0.05) is 12.5 Å². The van der Waals surface area contributed by atoms with Crippen LogP contribution in [0.25, 0.3) is 22.2 Å². The lowest BCUT2D eigenvalue weighted by Gasteiger charge is -2.16. The number of aromatic amines is 1. The van der Waals surface area contributed by atoms with E-state index in [0.29, 0.717) is 47.4 Å². The first-order valence-electron chi connectivity index (χ1n) is 16.1. The smallest absolute Gasteiger partial charge is 0.465 e. The Bertz CT molecular complexity index is 2180. The minimum absolute atomic E-state index is 0.142. The van der Waals surface area contributed by atoms with Gasteiger partial charge in [0.25, 0.3) is 6.01 Å². The van der Waals surface area contributed by atoms with E-state index in [1.54, 1.807) is 25.1 Å². The topological polar surface area (TPSA) is 174 Å². The number of benzene rings is 2. The molecule has 14 heteroatoms. The summed E-state index contributed by atoms with van der Waals surface area (Å²) in [6, 6.07) is 13.3. The molecule has 2 aromatic carbocycles. The number of carbonyl (C=O) groups is 2. The van der Waals surface area contributed by atoms with Crippen LogP contribution in [0, 0.1) is 20.8 Å². The third-order valence-electron chi connectivity index (χ3n) is 8.12. The second-order valence-corrected chi connectivity index (χ2v) is 11.6. The van der Waals surface area contributed by atoms with Crippen LogP contribution < -0.4 is 10.5 Å². The fraction of sp³-hybridized carbons (Fsp3) is 0.306. The number of hydrogen-bond acceptors (Lipinski definition) is 12. The summed E-state index contributed by atoms with van der Waals surface area (Å²) >= 11 is 0. The fourth-order valence-electron chi connectivity index (χ4n) is 5.64. The summed E-state index contributed by atoms with van der Waals surface area (Å²) in [5.74, 6) is -0.948. The van der Waals surface area contributed by atoms with Crippen LogP contribution in [0.4, 0.5) is 4.79 Å². The third kappa shape index (κ3) is 7.33. The molecule has 0 amide bonds. The van der Waals surface area contributed by atoms with Gasteiger partial charge in [0.05, 0.1) is 52.5 Å². The van der Waals surface area contributed by atoms with E-state index in [2.05, 4.69) is 31.2 Å². The molecule has 1 aliphatic carbocycles. The Balaban J connectivity index is 1.18. The number of imidazole rings is 1. The molecule has 3 heterocycles. The van der Waals surface area contributed by atoms with Crippen LogP contribution in [0.15, 0.2) is 63.9 Å². The van der Waals surface area contributed by atoms with E-state index >= 15 is 0 Å². The lowest BCUT2D eigenvalue weighted by molar-refractivity contribution is -0.0835. The third-order valence-corrected chi connectivity index (χ3v) is 8.12. The van der Waals surface area contributed by atoms with Gasteiger partial charge in [0.2, 0.25) is 6.29 Å². The highest BCUT2D eigenvalue weighted by atomic mass is 16.8. The number of nitrogens with one attached hydrogen (secondary N) is 1. The predicted octanol–water partition coefficient (Wildman–Crippen LogP) is 5.99. The van der Waals surface area contributed by atoms with Crippen molar-refractivity contribution in [2.45, 2.75) is 66.9 Å². The lowest BCUT2D eigenvalue weighted by atomic mass is 9.91. The number of carbonyl (C=O) groups excluding carboxylic acids is 2. The van der Waals surface area contributed by atoms with Gasteiger partial charge in [-0.25, -0.2) is 14.4 Å². The Morgan fingerprint density at radius 1 is 0.940 bits per heavy atom. The summed E-state index contributed by atoms with van der Waals surface area (Å²) in [6.07, 6.45) is 3.54. The SMILES string of the molecule is CCOc1nc2cccc(C(=O)OC(C)OC(=O)OCc3nc(C)c(C)nc3C)c2n1Cc1ccc(C2=CCCC=C2c2noc(=O)[nH]2)cc1. The number of rotatable bonds is 11. The van der Waals surface area contributed by atoms with Gasteiger partial charge in [0.1, 0.15) is 6.61 Å². The minimum atomic E-state index is -1.25. The number of H-pyrrole nitrogens is 1. The average Bonchev–Trinajstić information content (AvgIpc) is 3.69. The lowest BCUT2D eigenvalue weighted by Crippen LogP contribution is -2.23. The molecule has 258 valence electrons. The van der Waals surface area contributed by atoms with E-state index in [4.69, 9.17) is 23.5 Å². The predicted molar refractivity (Wildman–Crippen MR) is 181 cm³/mol. The number of ether oxygens (including phenoxy) is 4. The number of aromatic nitrogens is 6. The van der Waals surface area contributed by atoms with Crippen LogP contribution >= 0.6 is 0 Å². The fourth-order valence-corrected chi connectivity index (χ4v) is 5.64. The molecule has 0 aliphatic heterocycles.